The standard InChI is InChI=1S/C20H25FN4O2/c1-14-7-8-25(16(14)11-15-5-3-2-4-6-15)20-22-18(12-19(26)23-20)24-9-10-27-17(21)13-24/h2-6,12,14,16-17H,7-11,13H2,1H3,(H,22,23,26)/t14-,16+,17-/m0/s1. The van der Waals surface area contributed by atoms with Gasteiger partial charge in [0.15, 0.2) is 0 Å². The zero-order valence-corrected chi connectivity index (χ0v) is 15.5. The summed E-state index contributed by atoms with van der Waals surface area (Å²) in [5, 5.41) is 0. The van der Waals surface area contributed by atoms with E-state index in [-0.39, 0.29) is 18.1 Å². The smallest absolute Gasteiger partial charge is 0.254 e. The second kappa shape index (κ2) is 7.68. The van der Waals surface area contributed by atoms with Gasteiger partial charge in [0.2, 0.25) is 12.3 Å². The monoisotopic (exact) mass is 372 g/mol. The molecule has 2 saturated heterocycles. The Labute approximate surface area is 158 Å². The van der Waals surface area contributed by atoms with E-state index in [0.717, 1.165) is 19.4 Å². The summed E-state index contributed by atoms with van der Waals surface area (Å²) in [6.07, 6.45) is 0.608. The van der Waals surface area contributed by atoms with Crippen LogP contribution < -0.4 is 15.4 Å². The van der Waals surface area contributed by atoms with Gasteiger partial charge < -0.3 is 14.5 Å². The topological polar surface area (TPSA) is 61.5 Å². The molecule has 2 aliphatic rings. The maximum atomic E-state index is 13.6. The molecule has 0 unspecified atom stereocenters. The lowest BCUT2D eigenvalue weighted by Crippen LogP contribution is -2.42. The Hall–Kier alpha value is -2.41. The fraction of sp³-hybridized carbons (Fsp3) is 0.500. The van der Waals surface area contributed by atoms with Crippen molar-refractivity contribution in [1.82, 2.24) is 9.97 Å². The van der Waals surface area contributed by atoms with Gasteiger partial charge in [-0.05, 0) is 24.3 Å². The van der Waals surface area contributed by atoms with Crippen molar-refractivity contribution in [2.45, 2.75) is 32.2 Å². The van der Waals surface area contributed by atoms with Gasteiger partial charge in [-0.25, -0.2) is 4.39 Å². The normalized spacial score (nSPS) is 25.8. The van der Waals surface area contributed by atoms with Crippen molar-refractivity contribution in [1.29, 1.82) is 0 Å². The van der Waals surface area contributed by atoms with Crippen LogP contribution in [-0.2, 0) is 11.2 Å². The zero-order valence-electron chi connectivity index (χ0n) is 15.5. The Bertz CT molecular complexity index is 828. The molecule has 6 nitrogen and oxygen atoms in total. The number of benzene rings is 1. The van der Waals surface area contributed by atoms with Crippen LogP contribution in [0.15, 0.2) is 41.2 Å². The summed E-state index contributed by atoms with van der Waals surface area (Å²) >= 11 is 0. The van der Waals surface area contributed by atoms with Gasteiger partial charge in [0.25, 0.3) is 5.56 Å². The third-order valence-corrected chi connectivity index (χ3v) is 5.51. The molecule has 27 heavy (non-hydrogen) atoms. The fourth-order valence-electron chi connectivity index (χ4n) is 3.98. The lowest BCUT2D eigenvalue weighted by molar-refractivity contribution is -0.0467. The van der Waals surface area contributed by atoms with Crippen LogP contribution in [-0.4, -0.2) is 48.6 Å². The molecule has 0 saturated carbocycles. The number of ether oxygens (including phenoxy) is 1. The number of hydrogen-bond acceptors (Lipinski definition) is 5. The number of nitrogens with zero attached hydrogens (tertiary/aromatic N) is 3. The highest BCUT2D eigenvalue weighted by Crippen LogP contribution is 2.30. The van der Waals surface area contributed by atoms with E-state index < -0.39 is 6.36 Å². The number of aromatic amines is 1. The van der Waals surface area contributed by atoms with Crippen molar-refractivity contribution in [2.24, 2.45) is 5.92 Å². The summed E-state index contributed by atoms with van der Waals surface area (Å²) in [5.41, 5.74) is 1.06. The van der Waals surface area contributed by atoms with E-state index in [9.17, 15) is 9.18 Å². The van der Waals surface area contributed by atoms with E-state index >= 15 is 0 Å². The molecule has 0 spiro atoms. The van der Waals surface area contributed by atoms with Gasteiger partial charge in [0, 0.05) is 25.2 Å². The van der Waals surface area contributed by atoms with Crippen LogP contribution in [0.3, 0.4) is 0 Å². The summed E-state index contributed by atoms with van der Waals surface area (Å²) in [5.74, 6) is 1.58. The second-order valence-electron chi connectivity index (χ2n) is 7.37. The number of aromatic nitrogens is 2. The molecule has 0 amide bonds. The van der Waals surface area contributed by atoms with Gasteiger partial charge >= 0.3 is 0 Å². The first-order chi connectivity index (χ1) is 13.1. The molecule has 0 bridgehead atoms. The molecule has 0 radical (unpaired) electrons. The van der Waals surface area contributed by atoms with E-state index in [1.54, 1.807) is 4.90 Å². The summed E-state index contributed by atoms with van der Waals surface area (Å²) in [6.45, 7) is 4.01. The quantitative estimate of drug-likeness (QED) is 0.893. The highest BCUT2D eigenvalue weighted by atomic mass is 19.1. The number of rotatable bonds is 4. The van der Waals surface area contributed by atoms with Gasteiger partial charge in [0.1, 0.15) is 5.82 Å². The van der Waals surface area contributed by atoms with Crippen molar-refractivity contribution >= 4 is 11.8 Å². The number of H-pyrrole nitrogens is 1. The van der Waals surface area contributed by atoms with Gasteiger partial charge in [0.05, 0.1) is 13.2 Å². The number of nitrogens with one attached hydrogen (secondary N) is 1. The predicted octanol–water partition coefficient (Wildman–Crippen LogP) is 2.36. The van der Waals surface area contributed by atoms with E-state index in [1.807, 2.05) is 18.2 Å². The Morgan fingerprint density at radius 1 is 1.30 bits per heavy atom. The molecule has 1 aromatic heterocycles. The molecule has 4 rings (SSSR count). The number of anilines is 2. The minimum atomic E-state index is -1.35. The molecule has 3 heterocycles. The molecular formula is C20H25FN4O2. The molecular weight excluding hydrogens is 347 g/mol. The molecule has 2 aromatic rings. The van der Waals surface area contributed by atoms with Crippen LogP contribution in [0, 0.1) is 5.92 Å². The maximum Gasteiger partial charge on any atom is 0.254 e. The third-order valence-electron chi connectivity index (χ3n) is 5.51. The van der Waals surface area contributed by atoms with E-state index in [0.29, 0.717) is 30.8 Å². The van der Waals surface area contributed by atoms with Gasteiger partial charge in [-0.1, -0.05) is 37.3 Å². The first-order valence-corrected chi connectivity index (χ1v) is 9.53. The van der Waals surface area contributed by atoms with Crippen LogP contribution in [0.4, 0.5) is 16.2 Å². The molecule has 3 atom stereocenters. The molecule has 144 valence electrons. The van der Waals surface area contributed by atoms with Crippen molar-refractivity contribution < 1.29 is 9.13 Å². The molecule has 1 aromatic carbocycles. The summed E-state index contributed by atoms with van der Waals surface area (Å²) in [6, 6.07) is 12.1. The van der Waals surface area contributed by atoms with Crippen molar-refractivity contribution in [3.05, 3.63) is 52.3 Å². The van der Waals surface area contributed by atoms with Gasteiger partial charge in [-0.15, -0.1) is 0 Å². The van der Waals surface area contributed by atoms with Crippen LogP contribution in [0.2, 0.25) is 0 Å². The lowest BCUT2D eigenvalue weighted by Gasteiger charge is -2.31. The third kappa shape index (κ3) is 3.98. The van der Waals surface area contributed by atoms with Crippen molar-refractivity contribution in [2.75, 3.05) is 36.0 Å². The molecule has 1 N–H and O–H groups in total. The minimum Gasteiger partial charge on any atom is -0.349 e. The second-order valence-corrected chi connectivity index (χ2v) is 7.37. The summed E-state index contributed by atoms with van der Waals surface area (Å²) < 4.78 is 18.5. The lowest BCUT2D eigenvalue weighted by atomic mass is 9.96. The Kier molecular flexibility index (Phi) is 5.11. The van der Waals surface area contributed by atoms with Crippen LogP contribution in [0.5, 0.6) is 0 Å². The molecule has 7 heteroatoms. The highest BCUT2D eigenvalue weighted by Gasteiger charge is 2.33. The van der Waals surface area contributed by atoms with Gasteiger partial charge in [-0.3, -0.25) is 9.78 Å². The van der Waals surface area contributed by atoms with E-state index in [1.165, 1.54) is 11.6 Å². The van der Waals surface area contributed by atoms with E-state index in [4.69, 9.17) is 4.74 Å². The number of hydrogen-bond donors (Lipinski definition) is 1. The maximum absolute atomic E-state index is 13.6. The number of halogens is 1. The van der Waals surface area contributed by atoms with Crippen molar-refractivity contribution in [3.8, 4) is 0 Å². The average Bonchev–Trinajstić information content (AvgIpc) is 3.03. The fourth-order valence-corrected chi connectivity index (χ4v) is 3.98. The van der Waals surface area contributed by atoms with Crippen molar-refractivity contribution in [3.63, 3.8) is 0 Å². The van der Waals surface area contributed by atoms with Crippen LogP contribution in [0.1, 0.15) is 18.9 Å². The first-order valence-electron chi connectivity index (χ1n) is 9.53. The first kappa shape index (κ1) is 18.0. The minimum absolute atomic E-state index is 0.0970. The predicted molar refractivity (Wildman–Crippen MR) is 103 cm³/mol. The molecule has 2 aliphatic heterocycles. The van der Waals surface area contributed by atoms with Crippen LogP contribution in [0.25, 0.3) is 0 Å². The van der Waals surface area contributed by atoms with Gasteiger partial charge in [-0.2, -0.15) is 4.98 Å². The molecule has 0 aliphatic carbocycles. The largest absolute Gasteiger partial charge is 0.349 e. The highest BCUT2D eigenvalue weighted by molar-refractivity contribution is 5.45. The number of alkyl halides is 1. The summed E-state index contributed by atoms with van der Waals surface area (Å²) in [4.78, 5) is 23.8. The Balaban J connectivity index is 1.60. The number of morpholine rings is 1. The van der Waals surface area contributed by atoms with Crippen LogP contribution >= 0.6 is 0 Å². The SMILES string of the molecule is C[C@H]1CCN(c2nc(N3CCO[C@H](F)C3)cc(=O)[nH]2)[C@@H]1Cc1ccccc1. The zero-order chi connectivity index (χ0) is 18.8. The molecule has 2 fully saturated rings. The Morgan fingerprint density at radius 3 is 2.89 bits per heavy atom. The summed E-state index contributed by atoms with van der Waals surface area (Å²) in [7, 11) is 0. The average molecular weight is 372 g/mol. The Morgan fingerprint density at radius 2 is 2.11 bits per heavy atom. The van der Waals surface area contributed by atoms with E-state index in [2.05, 4.69) is 33.9 Å².